The van der Waals surface area contributed by atoms with Crippen LogP contribution in [-0.2, 0) is 14.4 Å². The first-order chi connectivity index (χ1) is 12.6. The van der Waals surface area contributed by atoms with Crippen molar-refractivity contribution in [3.8, 4) is 0 Å². The minimum atomic E-state index is -0.803. The van der Waals surface area contributed by atoms with E-state index in [9.17, 15) is 14.4 Å². The van der Waals surface area contributed by atoms with Gasteiger partial charge in [0.05, 0.1) is 5.41 Å². The van der Waals surface area contributed by atoms with Crippen LogP contribution in [0, 0.1) is 39.9 Å². The van der Waals surface area contributed by atoms with E-state index in [0.717, 1.165) is 38.5 Å². The highest BCUT2D eigenvalue weighted by molar-refractivity contribution is 6.06. The van der Waals surface area contributed by atoms with Gasteiger partial charge < -0.3 is 0 Å². The van der Waals surface area contributed by atoms with Gasteiger partial charge in [0.15, 0.2) is 5.78 Å². The van der Waals surface area contributed by atoms with E-state index in [0.29, 0.717) is 30.0 Å². The smallest absolute Gasteiger partial charge is 0.155 e. The average molecular weight is 371 g/mol. The molecule has 3 heteroatoms. The van der Waals surface area contributed by atoms with Gasteiger partial charge in [-0.2, -0.15) is 0 Å². The van der Waals surface area contributed by atoms with Crippen molar-refractivity contribution in [2.45, 2.75) is 79.6 Å². The van der Waals surface area contributed by atoms with Crippen molar-refractivity contribution < 1.29 is 14.4 Å². The maximum absolute atomic E-state index is 12.9. The Hall–Kier alpha value is -1.25. The molecule has 3 saturated carbocycles. The van der Waals surface area contributed by atoms with Crippen LogP contribution < -0.4 is 0 Å². The number of carbonyl (C=O) groups excluding carboxylic acids is 3. The Morgan fingerprint density at radius 1 is 1.00 bits per heavy atom. The van der Waals surface area contributed by atoms with E-state index < -0.39 is 5.41 Å². The molecule has 0 aromatic rings. The van der Waals surface area contributed by atoms with Crippen LogP contribution in [0.5, 0.6) is 0 Å². The van der Waals surface area contributed by atoms with Gasteiger partial charge >= 0.3 is 0 Å². The van der Waals surface area contributed by atoms with Crippen molar-refractivity contribution >= 4 is 17.3 Å². The van der Waals surface area contributed by atoms with Gasteiger partial charge in [0.2, 0.25) is 0 Å². The topological polar surface area (TPSA) is 51.2 Å². The van der Waals surface area contributed by atoms with Gasteiger partial charge in [-0.25, -0.2) is 0 Å². The van der Waals surface area contributed by atoms with Crippen molar-refractivity contribution in [1.82, 2.24) is 0 Å². The molecule has 1 unspecified atom stereocenters. The molecule has 4 aliphatic carbocycles. The molecule has 0 saturated heterocycles. The van der Waals surface area contributed by atoms with Gasteiger partial charge in [0.25, 0.3) is 0 Å². The maximum Gasteiger partial charge on any atom is 0.155 e. The summed E-state index contributed by atoms with van der Waals surface area (Å²) in [6.07, 6.45) is 8.74. The summed E-state index contributed by atoms with van der Waals surface area (Å²) in [5.41, 5.74) is 0.494. The van der Waals surface area contributed by atoms with Crippen molar-refractivity contribution in [3.63, 3.8) is 0 Å². The first kappa shape index (κ1) is 19.1. The van der Waals surface area contributed by atoms with Gasteiger partial charge in [0, 0.05) is 6.42 Å². The zero-order valence-electron chi connectivity index (χ0n) is 17.6. The van der Waals surface area contributed by atoms with Gasteiger partial charge in [-0.1, -0.05) is 26.3 Å². The van der Waals surface area contributed by atoms with E-state index in [2.05, 4.69) is 20.8 Å². The van der Waals surface area contributed by atoms with E-state index >= 15 is 0 Å². The summed E-state index contributed by atoms with van der Waals surface area (Å²) in [5.74, 6) is 2.18. The molecule has 3 fully saturated rings. The third kappa shape index (κ3) is 2.17. The van der Waals surface area contributed by atoms with Crippen LogP contribution in [0.1, 0.15) is 79.6 Å². The summed E-state index contributed by atoms with van der Waals surface area (Å²) in [6.45, 7) is 10.1. The molecule has 0 amide bonds. The van der Waals surface area contributed by atoms with Crippen LogP contribution in [0.4, 0.5) is 0 Å². The lowest BCUT2D eigenvalue weighted by Gasteiger charge is -2.59. The van der Waals surface area contributed by atoms with Crippen LogP contribution >= 0.6 is 0 Å². The highest BCUT2D eigenvalue weighted by Gasteiger charge is 2.70. The molecular formula is C24H34O3. The molecule has 3 nitrogen and oxygen atoms in total. The zero-order chi connectivity index (χ0) is 19.8. The maximum atomic E-state index is 12.9. The second-order valence-electron chi connectivity index (χ2n) is 10.5. The molecular weight excluding hydrogens is 336 g/mol. The largest absolute Gasteiger partial charge is 0.299 e. The number of carbonyl (C=O) groups is 3. The fraction of sp³-hybridized carbons (Fsp3) is 0.792. The van der Waals surface area contributed by atoms with Crippen molar-refractivity contribution in [1.29, 1.82) is 0 Å². The van der Waals surface area contributed by atoms with Crippen LogP contribution in [0.2, 0.25) is 0 Å². The number of fused-ring (bicyclic) bond motifs is 5. The molecule has 0 radical (unpaired) electrons. The zero-order valence-corrected chi connectivity index (χ0v) is 17.6. The monoisotopic (exact) mass is 370 g/mol. The number of hydrogen-bond acceptors (Lipinski definition) is 3. The molecule has 6 atom stereocenters. The Morgan fingerprint density at radius 2 is 1.67 bits per heavy atom. The lowest BCUT2D eigenvalue weighted by atomic mass is 9.44. The number of rotatable bonds is 2. The number of hydrogen-bond donors (Lipinski definition) is 0. The third-order valence-electron chi connectivity index (χ3n) is 9.71. The Balaban J connectivity index is 1.76. The SMILES string of the molecule is CC(=O)C1(C(C)=O)C(C)C[C@H]2[C@@H]3CCC4=CC(=O)CC[C@]4(C)[C@H]3CC[C@@]21C. The van der Waals surface area contributed by atoms with E-state index in [-0.39, 0.29) is 28.3 Å². The summed E-state index contributed by atoms with van der Waals surface area (Å²) >= 11 is 0. The Bertz CT molecular complexity index is 733. The van der Waals surface area contributed by atoms with Crippen molar-refractivity contribution in [3.05, 3.63) is 11.6 Å². The molecule has 0 aliphatic heterocycles. The van der Waals surface area contributed by atoms with Crippen LogP contribution in [0.25, 0.3) is 0 Å². The first-order valence-electron chi connectivity index (χ1n) is 10.8. The molecule has 148 valence electrons. The second kappa shape index (κ2) is 5.87. The predicted molar refractivity (Wildman–Crippen MR) is 105 cm³/mol. The summed E-state index contributed by atoms with van der Waals surface area (Å²) in [6, 6.07) is 0. The summed E-state index contributed by atoms with van der Waals surface area (Å²) in [5, 5.41) is 0. The van der Waals surface area contributed by atoms with Gasteiger partial charge in [-0.3, -0.25) is 14.4 Å². The fourth-order valence-corrected chi connectivity index (χ4v) is 8.67. The summed E-state index contributed by atoms with van der Waals surface area (Å²) in [7, 11) is 0. The van der Waals surface area contributed by atoms with Crippen LogP contribution in [0.15, 0.2) is 11.6 Å². The molecule has 0 aromatic heterocycles. The lowest BCUT2D eigenvalue weighted by molar-refractivity contribution is -0.156. The van der Waals surface area contributed by atoms with Gasteiger partial charge in [-0.15, -0.1) is 0 Å². The van der Waals surface area contributed by atoms with E-state index in [1.165, 1.54) is 5.57 Å². The minimum Gasteiger partial charge on any atom is -0.299 e. The lowest BCUT2D eigenvalue weighted by Crippen LogP contribution is -2.57. The Morgan fingerprint density at radius 3 is 2.30 bits per heavy atom. The first-order valence-corrected chi connectivity index (χ1v) is 10.8. The van der Waals surface area contributed by atoms with Crippen LogP contribution in [0.3, 0.4) is 0 Å². The molecule has 0 spiro atoms. The molecule has 0 heterocycles. The fourth-order valence-electron chi connectivity index (χ4n) is 8.67. The average Bonchev–Trinajstić information content (AvgIpc) is 2.83. The number of Topliss-reactive ketones (excluding diaryl/α,β-unsaturated/α-hetero) is 2. The molecule has 4 rings (SSSR count). The normalized spacial score (nSPS) is 45.4. The second-order valence-corrected chi connectivity index (χ2v) is 10.5. The standard InChI is InChI=1S/C24H34O3/c1-14-12-21-19-7-6-17-13-18(27)8-10-22(17,4)20(19)9-11-23(21,5)24(14,15(2)25)16(3)26/h13-14,19-21H,6-12H2,1-5H3/t14?,19-,20+,21+,22+,23+/m1/s1. The summed E-state index contributed by atoms with van der Waals surface area (Å²) < 4.78 is 0. The number of ketones is 3. The van der Waals surface area contributed by atoms with E-state index in [1.807, 2.05) is 6.08 Å². The van der Waals surface area contributed by atoms with Crippen LogP contribution in [-0.4, -0.2) is 17.3 Å². The van der Waals surface area contributed by atoms with E-state index in [4.69, 9.17) is 0 Å². The van der Waals surface area contributed by atoms with Gasteiger partial charge in [0.1, 0.15) is 11.6 Å². The van der Waals surface area contributed by atoms with Crippen molar-refractivity contribution in [2.75, 3.05) is 0 Å². The Labute approximate surface area is 163 Å². The van der Waals surface area contributed by atoms with Gasteiger partial charge in [-0.05, 0) is 93.0 Å². The highest BCUT2D eigenvalue weighted by Crippen LogP contribution is 2.71. The number of allylic oxidation sites excluding steroid dienone is 1. The molecule has 27 heavy (non-hydrogen) atoms. The summed E-state index contributed by atoms with van der Waals surface area (Å²) in [4.78, 5) is 37.8. The molecule has 0 bridgehead atoms. The van der Waals surface area contributed by atoms with E-state index in [1.54, 1.807) is 13.8 Å². The van der Waals surface area contributed by atoms with Crippen molar-refractivity contribution in [2.24, 2.45) is 39.9 Å². The third-order valence-corrected chi connectivity index (χ3v) is 9.71. The Kier molecular flexibility index (Phi) is 4.15. The molecule has 0 N–H and O–H groups in total. The minimum absolute atomic E-state index is 0.0804. The molecule has 4 aliphatic rings. The quantitative estimate of drug-likeness (QED) is 0.648. The molecule has 0 aromatic carbocycles. The predicted octanol–water partition coefficient (Wildman–Crippen LogP) is 4.93. The highest BCUT2D eigenvalue weighted by atomic mass is 16.2.